The van der Waals surface area contributed by atoms with Crippen molar-refractivity contribution in [3.05, 3.63) is 34.9 Å². The van der Waals surface area contributed by atoms with Crippen molar-refractivity contribution in [3.8, 4) is 5.75 Å². The van der Waals surface area contributed by atoms with Crippen molar-refractivity contribution in [1.82, 2.24) is 0 Å². The van der Waals surface area contributed by atoms with E-state index in [0.717, 1.165) is 23.8 Å². The molecule has 1 saturated carbocycles. The fraction of sp³-hybridized carbons (Fsp3) is 0.385. The monoisotopic (exact) mass is 237 g/mol. The van der Waals surface area contributed by atoms with Crippen LogP contribution in [0.1, 0.15) is 18.4 Å². The van der Waals surface area contributed by atoms with Gasteiger partial charge in [-0.05, 0) is 30.4 Å². The van der Waals surface area contributed by atoms with Crippen molar-refractivity contribution < 1.29 is 4.74 Å². The zero-order valence-electron chi connectivity index (χ0n) is 9.16. The Labute approximate surface area is 101 Å². The number of nitrogens with two attached hydrogens (primary N) is 1. The van der Waals surface area contributed by atoms with Crippen molar-refractivity contribution in [2.75, 3.05) is 13.2 Å². The lowest BCUT2D eigenvalue weighted by Gasteiger charge is -2.08. The van der Waals surface area contributed by atoms with Crippen LogP contribution in [0.25, 0.3) is 6.08 Å². The fourth-order valence-corrected chi connectivity index (χ4v) is 1.70. The molecule has 16 heavy (non-hydrogen) atoms. The van der Waals surface area contributed by atoms with Gasteiger partial charge in [-0.15, -0.1) is 0 Å². The third-order valence-corrected chi connectivity index (χ3v) is 3.00. The van der Waals surface area contributed by atoms with E-state index in [1.54, 1.807) is 0 Å². The number of rotatable bonds is 5. The van der Waals surface area contributed by atoms with Gasteiger partial charge in [-0.1, -0.05) is 35.9 Å². The van der Waals surface area contributed by atoms with E-state index in [1.807, 2.05) is 30.4 Å². The summed E-state index contributed by atoms with van der Waals surface area (Å²) in [5.74, 6) is 1.51. The van der Waals surface area contributed by atoms with E-state index in [0.29, 0.717) is 11.6 Å². The van der Waals surface area contributed by atoms with Gasteiger partial charge in [0.05, 0.1) is 11.6 Å². The first-order valence-corrected chi connectivity index (χ1v) is 5.97. The summed E-state index contributed by atoms with van der Waals surface area (Å²) in [4.78, 5) is 0. The Balaban J connectivity index is 2.07. The standard InChI is InChI=1S/C13H16ClNO/c14-13-11(4-2-8-15)3-1-5-12(13)16-9-10-6-7-10/h1-5,10H,6-9,15H2/b4-2+. The molecule has 0 saturated heterocycles. The van der Waals surface area contributed by atoms with Crippen LogP contribution in [0.15, 0.2) is 24.3 Å². The second-order valence-corrected chi connectivity index (χ2v) is 4.43. The SMILES string of the molecule is NC/C=C/c1cccc(OCC2CC2)c1Cl. The van der Waals surface area contributed by atoms with Crippen LogP contribution in [0.4, 0.5) is 0 Å². The molecular weight excluding hydrogens is 222 g/mol. The van der Waals surface area contributed by atoms with Crippen LogP contribution >= 0.6 is 11.6 Å². The molecular formula is C13H16ClNO. The van der Waals surface area contributed by atoms with Gasteiger partial charge in [-0.25, -0.2) is 0 Å². The van der Waals surface area contributed by atoms with Crippen LogP contribution in [-0.2, 0) is 0 Å². The first-order valence-electron chi connectivity index (χ1n) is 5.59. The molecule has 0 unspecified atom stereocenters. The maximum atomic E-state index is 6.23. The van der Waals surface area contributed by atoms with E-state index in [-0.39, 0.29) is 0 Å². The van der Waals surface area contributed by atoms with Gasteiger partial charge in [0, 0.05) is 6.54 Å². The summed E-state index contributed by atoms with van der Waals surface area (Å²) in [7, 11) is 0. The van der Waals surface area contributed by atoms with Crippen molar-refractivity contribution in [2.24, 2.45) is 11.7 Å². The van der Waals surface area contributed by atoms with Gasteiger partial charge < -0.3 is 10.5 Å². The van der Waals surface area contributed by atoms with E-state index in [1.165, 1.54) is 12.8 Å². The third kappa shape index (κ3) is 3.00. The Hall–Kier alpha value is -0.990. The Morgan fingerprint density at radius 3 is 2.94 bits per heavy atom. The second kappa shape index (κ2) is 5.37. The molecule has 2 nitrogen and oxygen atoms in total. The minimum Gasteiger partial charge on any atom is -0.492 e. The molecule has 0 radical (unpaired) electrons. The van der Waals surface area contributed by atoms with Gasteiger partial charge in [0.2, 0.25) is 0 Å². The Morgan fingerprint density at radius 2 is 2.25 bits per heavy atom. The molecule has 1 aromatic rings. The molecule has 0 spiro atoms. The molecule has 1 aromatic carbocycles. The van der Waals surface area contributed by atoms with Crippen molar-refractivity contribution in [2.45, 2.75) is 12.8 Å². The Bertz CT molecular complexity index is 386. The quantitative estimate of drug-likeness (QED) is 0.854. The summed E-state index contributed by atoms with van der Waals surface area (Å²) in [5.41, 5.74) is 6.37. The minimum atomic E-state index is 0.517. The molecule has 0 bridgehead atoms. The predicted octanol–water partition coefficient (Wildman–Crippen LogP) is 3.10. The summed E-state index contributed by atoms with van der Waals surface area (Å²) in [6, 6.07) is 5.81. The van der Waals surface area contributed by atoms with E-state index in [4.69, 9.17) is 22.1 Å². The molecule has 2 N–H and O–H groups in total. The highest BCUT2D eigenvalue weighted by molar-refractivity contribution is 6.33. The van der Waals surface area contributed by atoms with E-state index >= 15 is 0 Å². The number of hydrogen-bond acceptors (Lipinski definition) is 2. The summed E-state index contributed by atoms with van der Waals surface area (Å²) in [5, 5.41) is 0.674. The Morgan fingerprint density at radius 1 is 1.44 bits per heavy atom. The van der Waals surface area contributed by atoms with Crippen LogP contribution in [0, 0.1) is 5.92 Å². The summed E-state index contributed by atoms with van der Waals surface area (Å²) >= 11 is 6.23. The van der Waals surface area contributed by atoms with E-state index in [9.17, 15) is 0 Å². The number of hydrogen-bond donors (Lipinski definition) is 1. The van der Waals surface area contributed by atoms with E-state index in [2.05, 4.69) is 0 Å². The number of benzene rings is 1. The highest BCUT2D eigenvalue weighted by Crippen LogP contribution is 2.33. The van der Waals surface area contributed by atoms with Gasteiger partial charge in [0.25, 0.3) is 0 Å². The first kappa shape index (κ1) is 11.5. The largest absolute Gasteiger partial charge is 0.492 e. The first-order chi connectivity index (χ1) is 7.81. The zero-order chi connectivity index (χ0) is 11.4. The van der Waals surface area contributed by atoms with Crippen LogP contribution in [-0.4, -0.2) is 13.2 Å². The molecule has 0 heterocycles. The molecule has 0 atom stereocenters. The molecule has 86 valence electrons. The molecule has 3 heteroatoms. The van der Waals surface area contributed by atoms with Crippen LogP contribution in [0.2, 0.25) is 5.02 Å². The normalized spacial score (nSPS) is 15.6. The Kier molecular flexibility index (Phi) is 3.86. The predicted molar refractivity (Wildman–Crippen MR) is 67.8 cm³/mol. The lowest BCUT2D eigenvalue weighted by molar-refractivity contribution is 0.300. The second-order valence-electron chi connectivity index (χ2n) is 4.05. The van der Waals surface area contributed by atoms with Gasteiger partial charge in [0.15, 0.2) is 0 Å². The summed E-state index contributed by atoms with van der Waals surface area (Å²) < 4.78 is 5.68. The molecule has 1 aliphatic carbocycles. The van der Waals surface area contributed by atoms with Gasteiger partial charge in [-0.2, -0.15) is 0 Å². The number of halogens is 1. The minimum absolute atomic E-state index is 0.517. The van der Waals surface area contributed by atoms with Crippen LogP contribution < -0.4 is 10.5 Å². The molecule has 2 rings (SSSR count). The molecule has 0 aromatic heterocycles. The summed E-state index contributed by atoms with van der Waals surface area (Å²) in [6.45, 7) is 1.30. The maximum absolute atomic E-state index is 6.23. The van der Waals surface area contributed by atoms with Gasteiger partial charge in [-0.3, -0.25) is 0 Å². The summed E-state index contributed by atoms with van der Waals surface area (Å²) in [6.07, 6.45) is 6.37. The van der Waals surface area contributed by atoms with Crippen LogP contribution in [0.3, 0.4) is 0 Å². The van der Waals surface area contributed by atoms with Crippen LogP contribution in [0.5, 0.6) is 5.75 Å². The zero-order valence-corrected chi connectivity index (χ0v) is 9.91. The van der Waals surface area contributed by atoms with Gasteiger partial charge >= 0.3 is 0 Å². The van der Waals surface area contributed by atoms with E-state index < -0.39 is 0 Å². The fourth-order valence-electron chi connectivity index (χ4n) is 1.46. The highest BCUT2D eigenvalue weighted by Gasteiger charge is 2.22. The lowest BCUT2D eigenvalue weighted by atomic mass is 10.2. The molecule has 0 aliphatic heterocycles. The molecule has 1 fully saturated rings. The smallest absolute Gasteiger partial charge is 0.138 e. The lowest BCUT2D eigenvalue weighted by Crippen LogP contribution is -1.99. The van der Waals surface area contributed by atoms with Crippen molar-refractivity contribution in [1.29, 1.82) is 0 Å². The third-order valence-electron chi connectivity index (χ3n) is 2.60. The van der Waals surface area contributed by atoms with Crippen molar-refractivity contribution in [3.63, 3.8) is 0 Å². The topological polar surface area (TPSA) is 35.2 Å². The molecule has 1 aliphatic rings. The molecule has 0 amide bonds. The van der Waals surface area contributed by atoms with Crippen molar-refractivity contribution >= 4 is 17.7 Å². The average molecular weight is 238 g/mol. The maximum Gasteiger partial charge on any atom is 0.138 e. The highest BCUT2D eigenvalue weighted by atomic mass is 35.5. The average Bonchev–Trinajstić information content (AvgIpc) is 3.10. The van der Waals surface area contributed by atoms with Gasteiger partial charge in [0.1, 0.15) is 5.75 Å². The number of ether oxygens (including phenoxy) is 1.